The quantitative estimate of drug-likeness (QED) is 0.453. The number of rotatable bonds is 0. The van der Waals surface area contributed by atoms with E-state index in [4.69, 9.17) is 4.74 Å². The zero-order chi connectivity index (χ0) is 6.43. The standard InChI is InChI=1S/C7H11FO/c1-4-2-3-5(8)7-6(4)9-7/h4-7H,2-3H2,1H3. The first-order valence-electron chi connectivity index (χ1n) is 3.58. The van der Waals surface area contributed by atoms with Gasteiger partial charge in [0.15, 0.2) is 0 Å². The summed E-state index contributed by atoms with van der Waals surface area (Å²) in [5, 5.41) is 0. The number of alkyl halides is 1. The van der Waals surface area contributed by atoms with Crippen LogP contribution in [0.15, 0.2) is 0 Å². The minimum absolute atomic E-state index is 0.0197. The minimum Gasteiger partial charge on any atom is -0.366 e. The van der Waals surface area contributed by atoms with E-state index >= 15 is 0 Å². The molecule has 0 aromatic heterocycles. The van der Waals surface area contributed by atoms with Crippen molar-refractivity contribution in [2.75, 3.05) is 0 Å². The first-order valence-corrected chi connectivity index (χ1v) is 3.58. The van der Waals surface area contributed by atoms with Gasteiger partial charge in [-0.05, 0) is 18.8 Å². The van der Waals surface area contributed by atoms with Crippen molar-refractivity contribution in [1.29, 1.82) is 0 Å². The van der Waals surface area contributed by atoms with Crippen molar-refractivity contribution in [2.24, 2.45) is 5.92 Å². The van der Waals surface area contributed by atoms with Gasteiger partial charge in [0.25, 0.3) is 0 Å². The molecule has 0 aromatic carbocycles. The summed E-state index contributed by atoms with van der Waals surface area (Å²) >= 11 is 0. The zero-order valence-electron chi connectivity index (χ0n) is 5.51. The largest absolute Gasteiger partial charge is 0.366 e. The average molecular weight is 130 g/mol. The Balaban J connectivity index is 2.01. The molecule has 0 bridgehead atoms. The summed E-state index contributed by atoms with van der Waals surface area (Å²) in [5.74, 6) is 0.599. The zero-order valence-corrected chi connectivity index (χ0v) is 5.51. The highest BCUT2D eigenvalue weighted by atomic mass is 19.1. The molecule has 2 aliphatic rings. The van der Waals surface area contributed by atoms with E-state index in [2.05, 4.69) is 6.92 Å². The first-order chi connectivity index (χ1) is 4.29. The Bertz CT molecular complexity index is 112. The molecule has 9 heavy (non-hydrogen) atoms. The number of epoxide rings is 1. The van der Waals surface area contributed by atoms with E-state index in [1.807, 2.05) is 0 Å². The normalized spacial score (nSPS) is 56.7. The highest BCUT2D eigenvalue weighted by Crippen LogP contribution is 2.41. The number of hydrogen-bond donors (Lipinski definition) is 0. The van der Waals surface area contributed by atoms with Gasteiger partial charge in [-0.1, -0.05) is 6.92 Å². The maximum atomic E-state index is 12.7. The molecular formula is C7H11FO. The maximum absolute atomic E-state index is 12.7. The predicted octanol–water partition coefficient (Wildman–Crippen LogP) is 1.52. The van der Waals surface area contributed by atoms with E-state index in [0.29, 0.717) is 12.3 Å². The fourth-order valence-electron chi connectivity index (χ4n) is 1.64. The Hall–Kier alpha value is -0.110. The second-order valence-corrected chi connectivity index (χ2v) is 3.14. The summed E-state index contributed by atoms with van der Waals surface area (Å²) in [6.07, 6.45) is 1.30. The lowest BCUT2D eigenvalue weighted by atomic mass is 9.90. The van der Waals surface area contributed by atoms with Crippen LogP contribution >= 0.6 is 0 Å². The molecule has 1 saturated heterocycles. The van der Waals surface area contributed by atoms with Crippen molar-refractivity contribution in [3.8, 4) is 0 Å². The maximum Gasteiger partial charge on any atom is 0.129 e. The van der Waals surface area contributed by atoms with Gasteiger partial charge in [-0.15, -0.1) is 0 Å². The molecule has 2 fully saturated rings. The van der Waals surface area contributed by atoms with Crippen molar-refractivity contribution >= 4 is 0 Å². The van der Waals surface area contributed by atoms with Gasteiger partial charge in [-0.2, -0.15) is 0 Å². The molecule has 1 aliphatic carbocycles. The van der Waals surface area contributed by atoms with Crippen LogP contribution in [-0.4, -0.2) is 18.4 Å². The lowest BCUT2D eigenvalue weighted by molar-refractivity contribution is 0.233. The molecule has 2 rings (SSSR count). The molecule has 1 nitrogen and oxygen atoms in total. The highest BCUT2D eigenvalue weighted by molar-refractivity contribution is 4.98. The highest BCUT2D eigenvalue weighted by Gasteiger charge is 2.51. The number of fused-ring (bicyclic) bond motifs is 1. The van der Waals surface area contributed by atoms with Crippen molar-refractivity contribution in [2.45, 2.75) is 38.1 Å². The van der Waals surface area contributed by atoms with Gasteiger partial charge in [0.1, 0.15) is 12.3 Å². The Morgan fingerprint density at radius 1 is 1.33 bits per heavy atom. The van der Waals surface area contributed by atoms with Gasteiger partial charge >= 0.3 is 0 Å². The molecule has 0 aromatic rings. The first kappa shape index (κ1) is 5.66. The fourth-order valence-corrected chi connectivity index (χ4v) is 1.64. The van der Waals surface area contributed by atoms with Gasteiger partial charge in [-0.25, -0.2) is 4.39 Å². The lowest BCUT2D eigenvalue weighted by Crippen LogP contribution is -2.22. The molecule has 0 spiro atoms. The molecule has 1 aliphatic heterocycles. The molecule has 1 saturated carbocycles. The van der Waals surface area contributed by atoms with Gasteiger partial charge in [0, 0.05) is 0 Å². The SMILES string of the molecule is CC1CCC(F)C2OC12. The minimum atomic E-state index is -0.661. The summed E-state index contributed by atoms with van der Waals surface area (Å²) < 4.78 is 17.8. The van der Waals surface area contributed by atoms with Crippen LogP contribution in [0.5, 0.6) is 0 Å². The van der Waals surface area contributed by atoms with E-state index in [1.54, 1.807) is 0 Å². The summed E-state index contributed by atoms with van der Waals surface area (Å²) in [6.45, 7) is 2.14. The Morgan fingerprint density at radius 3 is 2.78 bits per heavy atom. The summed E-state index contributed by atoms with van der Waals surface area (Å²) in [7, 11) is 0. The topological polar surface area (TPSA) is 12.5 Å². The number of ether oxygens (including phenoxy) is 1. The summed E-state index contributed by atoms with van der Waals surface area (Å²) in [6, 6.07) is 0. The third-order valence-corrected chi connectivity index (χ3v) is 2.38. The van der Waals surface area contributed by atoms with E-state index < -0.39 is 6.17 Å². The van der Waals surface area contributed by atoms with E-state index in [-0.39, 0.29) is 12.2 Å². The van der Waals surface area contributed by atoms with Gasteiger partial charge in [-0.3, -0.25) is 0 Å². The third-order valence-electron chi connectivity index (χ3n) is 2.38. The molecule has 52 valence electrons. The molecule has 4 unspecified atom stereocenters. The third kappa shape index (κ3) is 0.767. The smallest absolute Gasteiger partial charge is 0.129 e. The van der Waals surface area contributed by atoms with Gasteiger partial charge in [0.2, 0.25) is 0 Å². The van der Waals surface area contributed by atoms with Crippen molar-refractivity contribution < 1.29 is 9.13 Å². The Kier molecular flexibility index (Phi) is 1.06. The second-order valence-electron chi connectivity index (χ2n) is 3.14. The molecule has 0 N–H and O–H groups in total. The van der Waals surface area contributed by atoms with Gasteiger partial charge < -0.3 is 4.74 Å². The van der Waals surface area contributed by atoms with Crippen LogP contribution in [0.1, 0.15) is 19.8 Å². The van der Waals surface area contributed by atoms with Crippen LogP contribution in [0.25, 0.3) is 0 Å². The van der Waals surface area contributed by atoms with Gasteiger partial charge in [0.05, 0.1) is 6.10 Å². The van der Waals surface area contributed by atoms with Crippen LogP contribution in [-0.2, 0) is 4.74 Å². The Morgan fingerprint density at radius 2 is 2.11 bits per heavy atom. The number of halogens is 1. The van der Waals surface area contributed by atoms with Crippen molar-refractivity contribution in [3.63, 3.8) is 0 Å². The monoisotopic (exact) mass is 130 g/mol. The molecule has 0 radical (unpaired) electrons. The lowest BCUT2D eigenvalue weighted by Gasteiger charge is -2.15. The van der Waals surface area contributed by atoms with Crippen LogP contribution in [0.3, 0.4) is 0 Å². The van der Waals surface area contributed by atoms with E-state index in [1.165, 1.54) is 0 Å². The van der Waals surface area contributed by atoms with Crippen LogP contribution in [0, 0.1) is 5.92 Å². The number of hydrogen-bond acceptors (Lipinski definition) is 1. The Labute approximate surface area is 54.2 Å². The van der Waals surface area contributed by atoms with Crippen molar-refractivity contribution in [1.82, 2.24) is 0 Å². The van der Waals surface area contributed by atoms with Crippen LogP contribution in [0.4, 0.5) is 4.39 Å². The molecule has 0 amide bonds. The second kappa shape index (κ2) is 1.69. The van der Waals surface area contributed by atoms with Crippen LogP contribution < -0.4 is 0 Å². The molecule has 4 atom stereocenters. The summed E-state index contributed by atoms with van der Waals surface area (Å²) in [5.41, 5.74) is 0. The predicted molar refractivity (Wildman–Crippen MR) is 32.0 cm³/mol. The fraction of sp³-hybridized carbons (Fsp3) is 1.00. The average Bonchev–Trinajstić information content (AvgIpc) is 2.57. The molecule has 2 heteroatoms. The van der Waals surface area contributed by atoms with E-state index in [0.717, 1.165) is 6.42 Å². The molecular weight excluding hydrogens is 119 g/mol. The van der Waals surface area contributed by atoms with Crippen LogP contribution in [0.2, 0.25) is 0 Å². The van der Waals surface area contributed by atoms with Crippen molar-refractivity contribution in [3.05, 3.63) is 0 Å². The van der Waals surface area contributed by atoms with E-state index in [9.17, 15) is 4.39 Å². The molecule has 1 heterocycles. The summed E-state index contributed by atoms with van der Waals surface area (Å²) in [4.78, 5) is 0.